The van der Waals surface area contributed by atoms with Crippen LogP contribution in [0.1, 0.15) is 19.8 Å². The molecule has 0 aromatic heterocycles. The summed E-state index contributed by atoms with van der Waals surface area (Å²) >= 11 is 0. The van der Waals surface area contributed by atoms with Gasteiger partial charge in [0.05, 0.1) is 0 Å². The van der Waals surface area contributed by atoms with Crippen molar-refractivity contribution in [3.05, 3.63) is 0 Å². The van der Waals surface area contributed by atoms with Gasteiger partial charge in [-0.25, -0.2) is 5.43 Å². The molecule has 0 aliphatic heterocycles. The SMILES string of the molecule is CC(=O)CC[C@@H](NN)C(=O)O. The molecule has 0 saturated heterocycles. The van der Waals surface area contributed by atoms with Gasteiger partial charge in [-0.05, 0) is 13.3 Å². The molecule has 0 aromatic carbocycles. The van der Waals surface area contributed by atoms with E-state index in [0.717, 1.165) is 0 Å². The second-order valence-corrected chi connectivity index (χ2v) is 2.30. The van der Waals surface area contributed by atoms with E-state index in [2.05, 4.69) is 5.43 Å². The first-order valence-corrected chi connectivity index (χ1v) is 3.26. The molecule has 0 heterocycles. The Bertz CT molecular complexity index is 158. The number of ketones is 1. The van der Waals surface area contributed by atoms with Crippen molar-refractivity contribution < 1.29 is 14.7 Å². The summed E-state index contributed by atoms with van der Waals surface area (Å²) in [7, 11) is 0. The maximum absolute atomic E-state index is 10.4. The number of hydrazine groups is 1. The molecule has 0 aliphatic carbocycles. The van der Waals surface area contributed by atoms with E-state index < -0.39 is 12.0 Å². The van der Waals surface area contributed by atoms with Gasteiger partial charge < -0.3 is 9.90 Å². The van der Waals surface area contributed by atoms with Gasteiger partial charge in [-0.1, -0.05) is 0 Å². The van der Waals surface area contributed by atoms with Gasteiger partial charge >= 0.3 is 5.97 Å². The molecule has 4 N–H and O–H groups in total. The van der Waals surface area contributed by atoms with Crippen LogP contribution in [0.4, 0.5) is 0 Å². The van der Waals surface area contributed by atoms with Gasteiger partial charge in [-0.15, -0.1) is 0 Å². The summed E-state index contributed by atoms with van der Waals surface area (Å²) in [5, 5.41) is 8.43. The molecule has 0 aliphatic rings. The fourth-order valence-corrected chi connectivity index (χ4v) is 0.626. The van der Waals surface area contributed by atoms with E-state index in [1.54, 1.807) is 0 Å². The Morgan fingerprint density at radius 2 is 2.18 bits per heavy atom. The smallest absolute Gasteiger partial charge is 0.322 e. The van der Waals surface area contributed by atoms with E-state index in [1.807, 2.05) is 0 Å². The normalized spacial score (nSPS) is 12.5. The van der Waals surface area contributed by atoms with Crippen LogP contribution in [0.15, 0.2) is 0 Å². The fourth-order valence-electron chi connectivity index (χ4n) is 0.626. The Morgan fingerprint density at radius 3 is 2.45 bits per heavy atom. The van der Waals surface area contributed by atoms with E-state index in [4.69, 9.17) is 10.9 Å². The number of rotatable bonds is 5. The molecule has 1 atom stereocenters. The number of carboxylic acids is 1. The average Bonchev–Trinajstić information content (AvgIpc) is 1.87. The third kappa shape index (κ3) is 4.46. The Kier molecular flexibility index (Phi) is 4.40. The third-order valence-corrected chi connectivity index (χ3v) is 1.28. The first-order chi connectivity index (χ1) is 5.07. The third-order valence-electron chi connectivity index (χ3n) is 1.28. The molecule has 0 amide bonds. The summed E-state index contributed by atoms with van der Waals surface area (Å²) in [6, 6.07) is -0.820. The molecule has 0 radical (unpaired) electrons. The van der Waals surface area contributed by atoms with E-state index in [0.29, 0.717) is 0 Å². The predicted molar refractivity (Wildman–Crippen MR) is 38.7 cm³/mol. The molecule has 0 saturated carbocycles. The summed E-state index contributed by atoms with van der Waals surface area (Å²) in [6.07, 6.45) is 0.475. The highest BCUT2D eigenvalue weighted by Crippen LogP contribution is 1.96. The lowest BCUT2D eigenvalue weighted by Crippen LogP contribution is -2.41. The number of nitrogens with one attached hydrogen (secondary N) is 1. The van der Waals surface area contributed by atoms with Crippen molar-refractivity contribution in [3.63, 3.8) is 0 Å². The Labute approximate surface area is 64.5 Å². The number of hydrogen-bond acceptors (Lipinski definition) is 4. The van der Waals surface area contributed by atoms with Gasteiger partial charge in [-0.2, -0.15) is 0 Å². The van der Waals surface area contributed by atoms with Gasteiger partial charge in [0, 0.05) is 6.42 Å². The summed E-state index contributed by atoms with van der Waals surface area (Å²) in [6.45, 7) is 1.41. The van der Waals surface area contributed by atoms with Crippen LogP contribution in [0.3, 0.4) is 0 Å². The molecule has 0 bridgehead atoms. The standard InChI is InChI=1S/C6H12N2O3/c1-4(9)2-3-5(8-7)6(10)11/h5,8H,2-3,7H2,1H3,(H,10,11)/t5-/m1/s1. The van der Waals surface area contributed by atoms with Crippen LogP contribution in [-0.2, 0) is 9.59 Å². The highest BCUT2D eigenvalue weighted by molar-refractivity contribution is 5.78. The number of Topliss-reactive ketones (excluding diaryl/α,β-unsaturated/α-hetero) is 1. The molecule has 11 heavy (non-hydrogen) atoms. The Hall–Kier alpha value is -0.940. The van der Waals surface area contributed by atoms with E-state index in [9.17, 15) is 9.59 Å². The first-order valence-electron chi connectivity index (χ1n) is 3.26. The monoisotopic (exact) mass is 160 g/mol. The number of hydrogen-bond donors (Lipinski definition) is 3. The largest absolute Gasteiger partial charge is 0.480 e. The minimum atomic E-state index is -1.03. The van der Waals surface area contributed by atoms with E-state index >= 15 is 0 Å². The second kappa shape index (κ2) is 4.81. The summed E-state index contributed by atoms with van der Waals surface area (Å²) < 4.78 is 0. The topological polar surface area (TPSA) is 92.4 Å². The van der Waals surface area contributed by atoms with Crippen molar-refractivity contribution in [1.82, 2.24) is 5.43 Å². The zero-order valence-corrected chi connectivity index (χ0v) is 6.33. The van der Waals surface area contributed by atoms with Gasteiger partial charge in [0.1, 0.15) is 11.8 Å². The van der Waals surface area contributed by atoms with Crippen molar-refractivity contribution in [2.24, 2.45) is 5.84 Å². The summed E-state index contributed by atoms with van der Waals surface area (Å²) in [5.41, 5.74) is 2.11. The summed E-state index contributed by atoms with van der Waals surface area (Å²) in [5.74, 6) is 3.85. The molecule has 0 aromatic rings. The molecule has 0 unspecified atom stereocenters. The molecular formula is C6H12N2O3. The van der Waals surface area contributed by atoms with E-state index in [1.165, 1.54) is 6.92 Å². The number of nitrogens with two attached hydrogens (primary N) is 1. The van der Waals surface area contributed by atoms with Gasteiger partial charge in [0.15, 0.2) is 0 Å². The van der Waals surface area contributed by atoms with Gasteiger partial charge in [0.25, 0.3) is 0 Å². The zero-order chi connectivity index (χ0) is 8.85. The van der Waals surface area contributed by atoms with E-state index in [-0.39, 0.29) is 18.6 Å². The molecular weight excluding hydrogens is 148 g/mol. The lowest BCUT2D eigenvalue weighted by molar-refractivity contribution is -0.139. The number of aliphatic carboxylic acids is 1. The number of carbonyl (C=O) groups is 2. The van der Waals surface area contributed by atoms with Gasteiger partial charge in [-0.3, -0.25) is 10.6 Å². The van der Waals surface area contributed by atoms with Crippen molar-refractivity contribution in [2.45, 2.75) is 25.8 Å². The Morgan fingerprint density at radius 1 is 1.64 bits per heavy atom. The molecule has 0 fully saturated rings. The molecule has 0 rings (SSSR count). The van der Waals surface area contributed by atoms with Crippen molar-refractivity contribution in [2.75, 3.05) is 0 Å². The quantitative estimate of drug-likeness (QED) is 0.364. The molecule has 5 heteroatoms. The van der Waals surface area contributed by atoms with Crippen LogP contribution in [-0.4, -0.2) is 22.9 Å². The van der Waals surface area contributed by atoms with Crippen LogP contribution in [0.2, 0.25) is 0 Å². The average molecular weight is 160 g/mol. The maximum atomic E-state index is 10.4. The lowest BCUT2D eigenvalue weighted by atomic mass is 10.1. The fraction of sp³-hybridized carbons (Fsp3) is 0.667. The van der Waals surface area contributed by atoms with Crippen LogP contribution in [0.5, 0.6) is 0 Å². The van der Waals surface area contributed by atoms with Crippen molar-refractivity contribution >= 4 is 11.8 Å². The summed E-state index contributed by atoms with van der Waals surface area (Å²) in [4.78, 5) is 20.7. The van der Waals surface area contributed by atoms with Gasteiger partial charge in [0.2, 0.25) is 0 Å². The van der Waals surface area contributed by atoms with Crippen molar-refractivity contribution in [1.29, 1.82) is 0 Å². The first kappa shape index (κ1) is 10.1. The molecule has 64 valence electrons. The second-order valence-electron chi connectivity index (χ2n) is 2.30. The highest BCUT2D eigenvalue weighted by Gasteiger charge is 2.14. The number of carboxylic acid groups (broad SMARTS) is 1. The maximum Gasteiger partial charge on any atom is 0.322 e. The minimum Gasteiger partial charge on any atom is -0.480 e. The predicted octanol–water partition coefficient (Wildman–Crippen LogP) is -0.728. The van der Waals surface area contributed by atoms with Crippen molar-refractivity contribution in [3.8, 4) is 0 Å². The highest BCUT2D eigenvalue weighted by atomic mass is 16.4. The molecule has 5 nitrogen and oxygen atoms in total. The Balaban J connectivity index is 3.70. The van der Waals surface area contributed by atoms with Crippen LogP contribution in [0, 0.1) is 0 Å². The lowest BCUT2D eigenvalue weighted by Gasteiger charge is -2.08. The minimum absolute atomic E-state index is 0.0356. The number of carbonyl (C=O) groups excluding carboxylic acids is 1. The van der Waals surface area contributed by atoms with Crippen LogP contribution < -0.4 is 11.3 Å². The molecule has 0 spiro atoms. The zero-order valence-electron chi connectivity index (χ0n) is 6.33. The van der Waals surface area contributed by atoms with Crippen LogP contribution >= 0.6 is 0 Å². The van der Waals surface area contributed by atoms with Crippen LogP contribution in [0.25, 0.3) is 0 Å².